The topological polar surface area (TPSA) is 65.4 Å². The van der Waals surface area contributed by atoms with Crippen LogP contribution in [0.1, 0.15) is 25.5 Å². The lowest BCUT2D eigenvalue weighted by atomic mass is 9.94. The van der Waals surface area contributed by atoms with Crippen LogP contribution in [0.4, 0.5) is 5.95 Å². The Morgan fingerprint density at radius 2 is 2.07 bits per heavy atom. The molecule has 1 aromatic heterocycles. The van der Waals surface area contributed by atoms with Gasteiger partial charge in [0.1, 0.15) is 5.75 Å². The molecule has 0 saturated carbocycles. The number of nitrogens with zero attached hydrogens (tertiary/aromatic N) is 2. The van der Waals surface area contributed by atoms with E-state index in [1.54, 1.807) is 14.0 Å². The second-order valence-corrected chi connectivity index (χ2v) is 7.38. The van der Waals surface area contributed by atoms with E-state index in [1.807, 2.05) is 54.0 Å². The lowest BCUT2D eigenvalue weighted by molar-refractivity contribution is -0.139. The van der Waals surface area contributed by atoms with Crippen molar-refractivity contribution in [2.24, 2.45) is 0 Å². The predicted octanol–water partition coefficient (Wildman–Crippen LogP) is 4.66. The van der Waals surface area contributed by atoms with Crippen LogP contribution in [0.15, 0.2) is 58.2 Å². The third kappa shape index (κ3) is 2.96. The normalized spacial score (nSPS) is 15.9. The van der Waals surface area contributed by atoms with Crippen molar-refractivity contribution < 1.29 is 14.3 Å². The molecule has 28 heavy (non-hydrogen) atoms. The summed E-state index contributed by atoms with van der Waals surface area (Å²) in [6.45, 7) is 3.97. The summed E-state index contributed by atoms with van der Waals surface area (Å²) in [5.41, 5.74) is 3.88. The zero-order chi connectivity index (χ0) is 19.8. The fourth-order valence-corrected chi connectivity index (χ4v) is 4.03. The first-order valence-corrected chi connectivity index (χ1v) is 9.79. The van der Waals surface area contributed by atoms with E-state index >= 15 is 0 Å². The molecule has 144 valence electrons. The number of halogens is 1. The summed E-state index contributed by atoms with van der Waals surface area (Å²) in [4.78, 5) is 17.6. The maximum absolute atomic E-state index is 12.9. The number of para-hydroxylation sites is 2. The van der Waals surface area contributed by atoms with E-state index < -0.39 is 6.04 Å². The van der Waals surface area contributed by atoms with Crippen LogP contribution in [0.25, 0.3) is 11.0 Å². The molecule has 2 heterocycles. The number of allylic oxidation sites excluding steroid dienone is 1. The fourth-order valence-electron chi connectivity index (χ4n) is 3.65. The zero-order valence-corrected chi connectivity index (χ0v) is 17.4. The molecule has 6 nitrogen and oxygen atoms in total. The standard InChI is InChI=1S/C21H20BrN3O3/c1-4-28-20(26)18-12(2)23-21-24-15-7-5-6-8-16(15)25(21)19(18)14-11-13(22)9-10-17(14)27-3/h5-11,19H,4H2,1-3H3,(H,23,24)/t19-/m0/s1. The number of rotatable bonds is 4. The molecule has 0 fully saturated rings. The van der Waals surface area contributed by atoms with Gasteiger partial charge in [0.05, 0.1) is 36.4 Å². The summed E-state index contributed by atoms with van der Waals surface area (Å²) in [7, 11) is 1.63. The van der Waals surface area contributed by atoms with Crippen LogP contribution in [-0.2, 0) is 9.53 Å². The smallest absolute Gasteiger partial charge is 0.338 e. The van der Waals surface area contributed by atoms with Gasteiger partial charge >= 0.3 is 5.97 Å². The summed E-state index contributed by atoms with van der Waals surface area (Å²) in [6, 6.07) is 13.2. The Morgan fingerprint density at radius 1 is 1.29 bits per heavy atom. The van der Waals surface area contributed by atoms with Crippen molar-refractivity contribution in [1.29, 1.82) is 0 Å². The number of hydrogen-bond acceptors (Lipinski definition) is 5. The molecule has 1 aliphatic rings. The molecule has 3 aromatic rings. The number of benzene rings is 2. The summed E-state index contributed by atoms with van der Waals surface area (Å²) in [5, 5.41) is 3.27. The Balaban J connectivity index is 2.03. The van der Waals surface area contributed by atoms with E-state index in [1.165, 1.54) is 0 Å². The minimum absolute atomic E-state index is 0.301. The number of hydrogen-bond donors (Lipinski definition) is 1. The quantitative estimate of drug-likeness (QED) is 0.596. The highest BCUT2D eigenvalue weighted by Crippen LogP contribution is 2.43. The minimum atomic E-state index is -0.435. The summed E-state index contributed by atoms with van der Waals surface area (Å²) < 4.78 is 13.9. The van der Waals surface area contributed by atoms with E-state index in [9.17, 15) is 4.79 Å². The van der Waals surface area contributed by atoms with Gasteiger partial charge in [-0.1, -0.05) is 28.1 Å². The van der Waals surface area contributed by atoms with E-state index in [0.717, 1.165) is 21.1 Å². The van der Waals surface area contributed by atoms with Crippen LogP contribution in [-0.4, -0.2) is 29.2 Å². The average molecular weight is 442 g/mol. The Labute approximate surface area is 171 Å². The predicted molar refractivity (Wildman–Crippen MR) is 112 cm³/mol. The van der Waals surface area contributed by atoms with Gasteiger partial charge in [-0.2, -0.15) is 0 Å². The molecule has 0 spiro atoms. The van der Waals surface area contributed by atoms with Gasteiger partial charge in [-0.05, 0) is 44.2 Å². The van der Waals surface area contributed by atoms with E-state index in [2.05, 4.69) is 21.2 Å². The van der Waals surface area contributed by atoms with Gasteiger partial charge in [-0.15, -0.1) is 0 Å². The lowest BCUT2D eigenvalue weighted by Gasteiger charge is -2.31. The van der Waals surface area contributed by atoms with Gasteiger partial charge in [-0.25, -0.2) is 9.78 Å². The molecular weight excluding hydrogens is 422 g/mol. The van der Waals surface area contributed by atoms with Crippen molar-refractivity contribution in [1.82, 2.24) is 9.55 Å². The number of anilines is 1. The average Bonchev–Trinajstić information content (AvgIpc) is 3.04. The first kappa shape index (κ1) is 18.6. The molecule has 1 atom stereocenters. The first-order valence-electron chi connectivity index (χ1n) is 9.00. The van der Waals surface area contributed by atoms with Crippen LogP contribution in [0, 0.1) is 0 Å². The molecule has 0 unspecified atom stereocenters. The molecule has 0 aliphatic carbocycles. The van der Waals surface area contributed by atoms with E-state index in [0.29, 0.717) is 29.6 Å². The maximum Gasteiger partial charge on any atom is 0.338 e. The lowest BCUT2D eigenvalue weighted by Crippen LogP contribution is -2.29. The monoisotopic (exact) mass is 441 g/mol. The van der Waals surface area contributed by atoms with Crippen molar-refractivity contribution in [3.05, 3.63) is 63.8 Å². The van der Waals surface area contributed by atoms with Crippen LogP contribution in [0.2, 0.25) is 0 Å². The fraction of sp³-hybridized carbons (Fsp3) is 0.238. The maximum atomic E-state index is 12.9. The van der Waals surface area contributed by atoms with Crippen LogP contribution in [0.5, 0.6) is 5.75 Å². The second-order valence-electron chi connectivity index (χ2n) is 6.47. The highest BCUT2D eigenvalue weighted by molar-refractivity contribution is 9.10. The molecule has 2 aromatic carbocycles. The van der Waals surface area contributed by atoms with E-state index in [-0.39, 0.29) is 5.97 Å². The largest absolute Gasteiger partial charge is 0.496 e. The molecule has 0 bridgehead atoms. The van der Waals surface area contributed by atoms with Crippen molar-refractivity contribution in [2.75, 3.05) is 19.0 Å². The SMILES string of the molecule is CCOC(=O)C1=C(C)Nc2nc3ccccc3n2[C@H]1c1cc(Br)ccc1OC. The molecule has 1 N–H and O–H groups in total. The number of esters is 1. The van der Waals surface area contributed by atoms with Gasteiger partial charge < -0.3 is 14.8 Å². The highest BCUT2D eigenvalue weighted by Gasteiger charge is 2.36. The third-order valence-corrected chi connectivity index (χ3v) is 5.31. The third-order valence-electron chi connectivity index (χ3n) is 4.81. The van der Waals surface area contributed by atoms with Gasteiger partial charge in [0.15, 0.2) is 0 Å². The van der Waals surface area contributed by atoms with Crippen molar-refractivity contribution in [3.63, 3.8) is 0 Å². The summed E-state index contributed by atoms with van der Waals surface area (Å²) in [5.74, 6) is 1.01. The van der Waals surface area contributed by atoms with Gasteiger partial charge in [0.25, 0.3) is 0 Å². The molecular formula is C21H20BrN3O3. The van der Waals surface area contributed by atoms with Crippen molar-refractivity contribution >= 4 is 38.9 Å². The van der Waals surface area contributed by atoms with Gasteiger partial charge in [0, 0.05) is 15.7 Å². The first-order chi connectivity index (χ1) is 13.5. The number of ether oxygens (including phenoxy) is 2. The summed E-state index contributed by atoms with van der Waals surface area (Å²) in [6.07, 6.45) is 0. The minimum Gasteiger partial charge on any atom is -0.496 e. The summed E-state index contributed by atoms with van der Waals surface area (Å²) >= 11 is 3.55. The molecule has 0 amide bonds. The number of carbonyl (C=O) groups excluding carboxylic acids is 1. The van der Waals surface area contributed by atoms with Crippen LogP contribution < -0.4 is 10.1 Å². The number of fused-ring (bicyclic) bond motifs is 3. The molecule has 0 saturated heterocycles. The zero-order valence-electron chi connectivity index (χ0n) is 15.8. The van der Waals surface area contributed by atoms with Crippen molar-refractivity contribution in [3.8, 4) is 5.75 Å². The Hall–Kier alpha value is -2.80. The number of methoxy groups -OCH3 is 1. The van der Waals surface area contributed by atoms with Gasteiger partial charge in [-0.3, -0.25) is 4.57 Å². The number of carbonyl (C=O) groups is 1. The Kier molecular flexibility index (Phi) is 4.85. The van der Waals surface area contributed by atoms with E-state index in [4.69, 9.17) is 14.5 Å². The molecule has 7 heteroatoms. The molecule has 4 rings (SSSR count). The van der Waals surface area contributed by atoms with Gasteiger partial charge in [0.2, 0.25) is 5.95 Å². The number of nitrogens with one attached hydrogen (secondary N) is 1. The number of imidazole rings is 1. The highest BCUT2D eigenvalue weighted by atomic mass is 79.9. The number of aromatic nitrogens is 2. The molecule has 0 radical (unpaired) electrons. The van der Waals surface area contributed by atoms with Crippen molar-refractivity contribution in [2.45, 2.75) is 19.9 Å². The Bertz CT molecular complexity index is 1100. The molecule has 1 aliphatic heterocycles. The van der Waals surface area contributed by atoms with Crippen LogP contribution in [0.3, 0.4) is 0 Å². The Morgan fingerprint density at radius 3 is 2.82 bits per heavy atom. The van der Waals surface area contributed by atoms with Crippen LogP contribution >= 0.6 is 15.9 Å². The second kappa shape index (κ2) is 7.31.